The summed E-state index contributed by atoms with van der Waals surface area (Å²) in [6.45, 7) is 9.31. The number of hydrogen-bond donors (Lipinski definition) is 1. The van der Waals surface area contributed by atoms with Crippen LogP contribution in [0.4, 0.5) is 11.4 Å². The number of fused-ring (bicyclic) bond motifs is 1. The average Bonchev–Trinajstić information content (AvgIpc) is 2.79. The van der Waals surface area contributed by atoms with Crippen molar-refractivity contribution in [1.82, 2.24) is 4.90 Å². The quantitative estimate of drug-likeness (QED) is 0.773. The fourth-order valence-corrected chi connectivity index (χ4v) is 4.67. The molecule has 1 fully saturated rings. The molecular formula is C25H33N3O3. The summed E-state index contributed by atoms with van der Waals surface area (Å²) in [6.07, 6.45) is 1.40. The van der Waals surface area contributed by atoms with Gasteiger partial charge in [0.1, 0.15) is 5.75 Å². The van der Waals surface area contributed by atoms with Gasteiger partial charge in [0.15, 0.2) is 0 Å². The second-order valence-corrected chi connectivity index (χ2v) is 8.37. The molecule has 6 heteroatoms. The number of aliphatic hydroxyl groups is 1. The van der Waals surface area contributed by atoms with Gasteiger partial charge in [0.05, 0.1) is 18.4 Å². The number of benzene rings is 2. The molecule has 0 unspecified atom stereocenters. The molecule has 0 saturated carbocycles. The number of rotatable bonds is 6. The molecule has 1 amide bonds. The first-order valence-electron chi connectivity index (χ1n) is 11.3. The van der Waals surface area contributed by atoms with Crippen molar-refractivity contribution in [2.24, 2.45) is 0 Å². The molecular weight excluding hydrogens is 390 g/mol. The molecule has 1 N–H and O–H groups in total. The molecule has 2 aliphatic heterocycles. The number of aryl methyl sites for hydroxylation is 1. The number of para-hydroxylation sites is 2. The summed E-state index contributed by atoms with van der Waals surface area (Å²) in [5, 5.41) is 10.9. The number of nitrogens with zero attached hydrogens (tertiary/aromatic N) is 3. The molecule has 0 spiro atoms. The number of piperazine rings is 1. The van der Waals surface area contributed by atoms with Gasteiger partial charge in [-0.3, -0.25) is 9.69 Å². The standard InChI is InChI=1S/C25H33N3O3/c1-3-31-25-9-5-4-8-23(25)27-15-13-26(14-16-27)18-24(30)21-10-11-22-20(17-21)7-6-12-28(22)19(2)29/h4-5,8-11,17,24,30H,3,6-7,12-16,18H2,1-2H3/t24-/m1/s1. The highest BCUT2D eigenvalue weighted by Crippen LogP contribution is 2.31. The largest absolute Gasteiger partial charge is 0.492 e. The first-order valence-corrected chi connectivity index (χ1v) is 11.3. The van der Waals surface area contributed by atoms with Crippen LogP contribution in [0, 0.1) is 0 Å². The fraction of sp³-hybridized carbons (Fsp3) is 0.480. The van der Waals surface area contributed by atoms with Crippen LogP contribution in [0.3, 0.4) is 0 Å². The van der Waals surface area contributed by atoms with Crippen molar-refractivity contribution < 1.29 is 14.6 Å². The number of amides is 1. The highest BCUT2D eigenvalue weighted by atomic mass is 16.5. The Morgan fingerprint density at radius 3 is 2.58 bits per heavy atom. The number of hydrogen-bond acceptors (Lipinski definition) is 5. The third-order valence-electron chi connectivity index (χ3n) is 6.30. The zero-order valence-electron chi connectivity index (χ0n) is 18.6. The van der Waals surface area contributed by atoms with Crippen LogP contribution >= 0.6 is 0 Å². The number of carbonyl (C=O) groups is 1. The summed E-state index contributed by atoms with van der Waals surface area (Å²) in [5.74, 6) is 1.02. The number of β-amino-alcohol motifs (C(OH)–C–C–N with tert-alkyl or cyclic N) is 1. The summed E-state index contributed by atoms with van der Waals surface area (Å²) in [6, 6.07) is 14.3. The molecule has 0 aliphatic carbocycles. The topological polar surface area (TPSA) is 56.2 Å². The lowest BCUT2D eigenvalue weighted by Crippen LogP contribution is -2.47. The van der Waals surface area contributed by atoms with Crippen molar-refractivity contribution in [3.05, 3.63) is 53.6 Å². The Morgan fingerprint density at radius 2 is 1.84 bits per heavy atom. The summed E-state index contributed by atoms with van der Waals surface area (Å²) in [4.78, 5) is 18.4. The fourth-order valence-electron chi connectivity index (χ4n) is 4.67. The van der Waals surface area contributed by atoms with Gasteiger partial charge < -0.3 is 19.6 Å². The van der Waals surface area contributed by atoms with Crippen molar-refractivity contribution in [2.75, 3.05) is 55.7 Å². The molecule has 31 heavy (non-hydrogen) atoms. The Kier molecular flexibility index (Phi) is 6.78. The van der Waals surface area contributed by atoms with Crippen LogP contribution in [-0.4, -0.2) is 61.8 Å². The molecule has 1 atom stereocenters. The van der Waals surface area contributed by atoms with E-state index in [9.17, 15) is 9.90 Å². The predicted molar refractivity (Wildman–Crippen MR) is 124 cm³/mol. The van der Waals surface area contributed by atoms with E-state index < -0.39 is 6.10 Å². The molecule has 1 saturated heterocycles. The van der Waals surface area contributed by atoms with Gasteiger partial charge in [-0.1, -0.05) is 24.3 Å². The first-order chi connectivity index (χ1) is 15.1. The van der Waals surface area contributed by atoms with Crippen LogP contribution in [0.1, 0.15) is 37.5 Å². The number of anilines is 2. The van der Waals surface area contributed by atoms with Gasteiger partial charge in [-0.2, -0.15) is 0 Å². The second-order valence-electron chi connectivity index (χ2n) is 8.37. The maximum absolute atomic E-state index is 11.9. The van der Waals surface area contributed by atoms with Gasteiger partial charge in [0, 0.05) is 51.9 Å². The van der Waals surface area contributed by atoms with Crippen LogP contribution in [-0.2, 0) is 11.2 Å². The zero-order chi connectivity index (χ0) is 21.8. The maximum Gasteiger partial charge on any atom is 0.223 e. The van der Waals surface area contributed by atoms with Gasteiger partial charge >= 0.3 is 0 Å². The van der Waals surface area contributed by atoms with Crippen LogP contribution < -0.4 is 14.5 Å². The monoisotopic (exact) mass is 423 g/mol. The minimum absolute atomic E-state index is 0.0815. The Balaban J connectivity index is 1.37. The first kappa shape index (κ1) is 21.7. The number of ether oxygens (including phenoxy) is 1. The molecule has 0 radical (unpaired) electrons. The lowest BCUT2D eigenvalue weighted by Gasteiger charge is -2.37. The van der Waals surface area contributed by atoms with Crippen molar-refractivity contribution in [3.63, 3.8) is 0 Å². The molecule has 6 nitrogen and oxygen atoms in total. The molecule has 2 heterocycles. The van der Waals surface area contributed by atoms with Crippen molar-refractivity contribution in [2.45, 2.75) is 32.8 Å². The third-order valence-corrected chi connectivity index (χ3v) is 6.30. The van der Waals surface area contributed by atoms with E-state index in [1.807, 2.05) is 36.1 Å². The van der Waals surface area contributed by atoms with Crippen LogP contribution in [0.25, 0.3) is 0 Å². The van der Waals surface area contributed by atoms with E-state index in [0.29, 0.717) is 13.2 Å². The zero-order valence-corrected chi connectivity index (χ0v) is 18.6. The van der Waals surface area contributed by atoms with E-state index in [1.54, 1.807) is 6.92 Å². The van der Waals surface area contributed by atoms with E-state index in [1.165, 1.54) is 0 Å². The minimum Gasteiger partial charge on any atom is -0.492 e. The van der Waals surface area contributed by atoms with Crippen molar-refractivity contribution in [1.29, 1.82) is 0 Å². The predicted octanol–water partition coefficient (Wildman–Crippen LogP) is 3.24. The Labute approximate surface area is 185 Å². The van der Waals surface area contributed by atoms with Gasteiger partial charge in [-0.25, -0.2) is 0 Å². The van der Waals surface area contributed by atoms with E-state index in [2.05, 4.69) is 28.0 Å². The lowest BCUT2D eigenvalue weighted by molar-refractivity contribution is -0.116. The highest BCUT2D eigenvalue weighted by Gasteiger charge is 2.24. The van der Waals surface area contributed by atoms with Crippen molar-refractivity contribution in [3.8, 4) is 5.75 Å². The SMILES string of the molecule is CCOc1ccccc1N1CCN(C[C@@H](O)c2ccc3c(c2)CCCN3C(C)=O)CC1. The van der Waals surface area contributed by atoms with E-state index in [0.717, 1.165) is 73.8 Å². The second kappa shape index (κ2) is 9.71. The maximum atomic E-state index is 11.9. The molecule has 2 aliphatic rings. The van der Waals surface area contributed by atoms with Gasteiger partial charge in [-0.05, 0) is 49.1 Å². The summed E-state index contributed by atoms with van der Waals surface area (Å²) >= 11 is 0. The Morgan fingerprint density at radius 1 is 1.06 bits per heavy atom. The molecule has 2 aromatic rings. The van der Waals surface area contributed by atoms with Crippen LogP contribution in [0.15, 0.2) is 42.5 Å². The lowest BCUT2D eigenvalue weighted by atomic mass is 9.97. The van der Waals surface area contributed by atoms with E-state index in [4.69, 9.17) is 4.74 Å². The summed E-state index contributed by atoms with van der Waals surface area (Å²) in [7, 11) is 0. The smallest absolute Gasteiger partial charge is 0.223 e. The Hall–Kier alpha value is -2.57. The number of carbonyl (C=O) groups excluding carboxylic acids is 1. The molecule has 4 rings (SSSR count). The van der Waals surface area contributed by atoms with Gasteiger partial charge in [0.2, 0.25) is 5.91 Å². The number of aliphatic hydroxyl groups excluding tert-OH is 1. The van der Waals surface area contributed by atoms with Crippen molar-refractivity contribution >= 4 is 17.3 Å². The summed E-state index contributed by atoms with van der Waals surface area (Å²) < 4.78 is 5.79. The normalized spacial score (nSPS) is 17.9. The molecule has 166 valence electrons. The minimum atomic E-state index is -0.528. The highest BCUT2D eigenvalue weighted by molar-refractivity contribution is 5.92. The van der Waals surface area contributed by atoms with Gasteiger partial charge in [-0.15, -0.1) is 0 Å². The third kappa shape index (κ3) is 4.86. The van der Waals surface area contributed by atoms with E-state index in [-0.39, 0.29) is 5.91 Å². The average molecular weight is 424 g/mol. The van der Waals surface area contributed by atoms with Crippen LogP contribution in [0.5, 0.6) is 5.75 Å². The molecule has 0 bridgehead atoms. The van der Waals surface area contributed by atoms with Gasteiger partial charge in [0.25, 0.3) is 0 Å². The summed E-state index contributed by atoms with van der Waals surface area (Å²) in [5.41, 5.74) is 4.24. The van der Waals surface area contributed by atoms with E-state index >= 15 is 0 Å². The Bertz CT molecular complexity index is 909. The molecule has 0 aromatic heterocycles. The molecule has 2 aromatic carbocycles. The van der Waals surface area contributed by atoms with Crippen LogP contribution in [0.2, 0.25) is 0 Å².